The van der Waals surface area contributed by atoms with E-state index in [0.29, 0.717) is 0 Å². The van der Waals surface area contributed by atoms with E-state index in [1.807, 2.05) is 44.2 Å². The van der Waals surface area contributed by atoms with Crippen LogP contribution in [0.4, 0.5) is 0 Å². The molecule has 0 aliphatic rings. The summed E-state index contributed by atoms with van der Waals surface area (Å²) in [5.41, 5.74) is 0. The lowest BCUT2D eigenvalue weighted by Gasteiger charge is -2.25. The second-order valence-corrected chi connectivity index (χ2v) is 5.08. The number of halogens is 1. The smallest absolute Gasteiger partial charge is 0.176 e. The van der Waals surface area contributed by atoms with Crippen molar-refractivity contribution in [3.05, 3.63) is 42.5 Å². The average Bonchev–Trinajstić information content (AvgIpc) is 2.37. The number of ether oxygens (including phenoxy) is 1. The third-order valence-corrected chi connectivity index (χ3v) is 2.94. The minimum absolute atomic E-state index is 0. The summed E-state index contributed by atoms with van der Waals surface area (Å²) in [6, 6.07) is 14.3. The van der Waals surface area contributed by atoms with E-state index < -0.39 is 12.3 Å². The number of nitrogens with one attached hydrogen (secondary N) is 1. The first-order valence-corrected chi connectivity index (χ1v) is 6.66. The van der Waals surface area contributed by atoms with Gasteiger partial charge in [0.15, 0.2) is 6.23 Å². The third kappa shape index (κ3) is 4.10. The Bertz CT molecular complexity index is 537. The van der Waals surface area contributed by atoms with Crippen molar-refractivity contribution in [1.82, 2.24) is 5.32 Å². The van der Waals surface area contributed by atoms with Crippen molar-refractivity contribution >= 4 is 23.2 Å². The number of benzene rings is 2. The van der Waals surface area contributed by atoms with Gasteiger partial charge in [-0.2, -0.15) is 0 Å². The molecule has 2 aromatic carbocycles. The summed E-state index contributed by atoms with van der Waals surface area (Å²) >= 11 is 0. The van der Waals surface area contributed by atoms with E-state index in [1.54, 1.807) is 6.92 Å². The van der Waals surface area contributed by atoms with Gasteiger partial charge in [-0.25, -0.2) is 0 Å². The van der Waals surface area contributed by atoms with Gasteiger partial charge in [0.05, 0.1) is 0 Å². The van der Waals surface area contributed by atoms with Crippen molar-refractivity contribution in [1.29, 1.82) is 0 Å². The topological polar surface area (TPSA) is 41.5 Å². The van der Waals surface area contributed by atoms with Gasteiger partial charge >= 0.3 is 0 Å². The highest BCUT2D eigenvalue weighted by Gasteiger charge is 2.18. The maximum Gasteiger partial charge on any atom is 0.176 e. The van der Waals surface area contributed by atoms with Crippen molar-refractivity contribution < 1.29 is 9.84 Å². The molecule has 0 aromatic heterocycles. The second kappa shape index (κ2) is 7.48. The van der Waals surface area contributed by atoms with E-state index in [2.05, 4.69) is 17.4 Å². The van der Waals surface area contributed by atoms with Crippen molar-refractivity contribution in [3.8, 4) is 5.75 Å². The highest BCUT2D eigenvalue weighted by atomic mass is 35.5. The van der Waals surface area contributed by atoms with E-state index >= 15 is 0 Å². The highest BCUT2D eigenvalue weighted by Crippen LogP contribution is 2.26. The first-order valence-electron chi connectivity index (χ1n) is 6.66. The Hall–Kier alpha value is -1.29. The summed E-state index contributed by atoms with van der Waals surface area (Å²) in [4.78, 5) is 0. The van der Waals surface area contributed by atoms with Crippen molar-refractivity contribution in [2.45, 2.75) is 39.1 Å². The standard InChI is InChI=1S/C16H21NO2.ClH/c1-11(2)17-16(12(3)18)19-15-10-6-8-13-7-4-5-9-14(13)15;/h4-12,16-18H,1-3H3;1H. The van der Waals surface area contributed by atoms with E-state index in [4.69, 9.17) is 4.74 Å². The Kier molecular flexibility index (Phi) is 6.27. The molecule has 0 fully saturated rings. The van der Waals surface area contributed by atoms with Gasteiger partial charge in [0.2, 0.25) is 0 Å². The number of rotatable bonds is 5. The van der Waals surface area contributed by atoms with Crippen LogP contribution in [0, 0.1) is 0 Å². The van der Waals surface area contributed by atoms with Crippen LogP contribution in [-0.4, -0.2) is 23.5 Å². The van der Waals surface area contributed by atoms with Crippen LogP contribution in [0.25, 0.3) is 10.8 Å². The molecule has 2 aromatic rings. The SMILES string of the molecule is CC(C)NC(Oc1cccc2ccccc12)C(C)O.Cl. The van der Waals surface area contributed by atoms with Crippen LogP contribution in [0.2, 0.25) is 0 Å². The number of fused-ring (bicyclic) bond motifs is 1. The lowest BCUT2D eigenvalue weighted by atomic mass is 10.1. The molecule has 4 heteroatoms. The molecule has 0 radical (unpaired) electrons. The molecule has 0 saturated carbocycles. The van der Waals surface area contributed by atoms with Crippen LogP contribution >= 0.6 is 12.4 Å². The Morgan fingerprint density at radius 1 is 1.00 bits per heavy atom. The first-order chi connectivity index (χ1) is 9.08. The molecule has 20 heavy (non-hydrogen) atoms. The Balaban J connectivity index is 0.00000200. The molecule has 0 aliphatic heterocycles. The Labute approximate surface area is 126 Å². The van der Waals surface area contributed by atoms with Crippen LogP contribution in [0.3, 0.4) is 0 Å². The molecule has 0 heterocycles. The average molecular weight is 296 g/mol. The minimum Gasteiger partial charge on any atom is -0.472 e. The van der Waals surface area contributed by atoms with Gasteiger partial charge < -0.3 is 9.84 Å². The third-order valence-electron chi connectivity index (χ3n) is 2.94. The van der Waals surface area contributed by atoms with Crippen molar-refractivity contribution in [3.63, 3.8) is 0 Å². The fourth-order valence-electron chi connectivity index (χ4n) is 2.04. The zero-order chi connectivity index (χ0) is 13.8. The molecule has 2 unspecified atom stereocenters. The molecular formula is C16H22ClNO2. The quantitative estimate of drug-likeness (QED) is 0.831. The molecule has 110 valence electrons. The van der Waals surface area contributed by atoms with Crippen LogP contribution in [0.1, 0.15) is 20.8 Å². The Morgan fingerprint density at radius 3 is 2.30 bits per heavy atom. The largest absolute Gasteiger partial charge is 0.472 e. The number of aliphatic hydroxyl groups is 1. The normalized spacial score (nSPS) is 13.8. The molecule has 2 atom stereocenters. The van der Waals surface area contributed by atoms with E-state index in [0.717, 1.165) is 16.5 Å². The summed E-state index contributed by atoms with van der Waals surface area (Å²) in [5.74, 6) is 0.789. The Morgan fingerprint density at radius 2 is 1.65 bits per heavy atom. The highest BCUT2D eigenvalue weighted by molar-refractivity contribution is 5.88. The number of aliphatic hydroxyl groups excluding tert-OH is 1. The van der Waals surface area contributed by atoms with Gasteiger partial charge in [0, 0.05) is 11.4 Å². The maximum absolute atomic E-state index is 9.81. The van der Waals surface area contributed by atoms with Crippen LogP contribution < -0.4 is 10.1 Å². The summed E-state index contributed by atoms with van der Waals surface area (Å²) in [6.07, 6.45) is -0.993. The molecule has 0 bridgehead atoms. The number of hydrogen-bond acceptors (Lipinski definition) is 3. The molecule has 2 N–H and O–H groups in total. The lowest BCUT2D eigenvalue weighted by Crippen LogP contribution is -2.46. The monoisotopic (exact) mass is 295 g/mol. The number of hydrogen-bond donors (Lipinski definition) is 2. The van der Waals surface area contributed by atoms with Gasteiger partial charge in [0.25, 0.3) is 0 Å². The molecule has 3 nitrogen and oxygen atoms in total. The van der Waals surface area contributed by atoms with E-state index in [1.165, 1.54) is 0 Å². The molecule has 0 aliphatic carbocycles. The summed E-state index contributed by atoms with van der Waals surface area (Å²) in [5, 5.41) is 15.2. The van der Waals surface area contributed by atoms with Gasteiger partial charge in [-0.05, 0) is 32.2 Å². The fraction of sp³-hybridized carbons (Fsp3) is 0.375. The van der Waals surface area contributed by atoms with Gasteiger partial charge in [-0.15, -0.1) is 12.4 Å². The van der Waals surface area contributed by atoms with Gasteiger partial charge in [-0.3, -0.25) is 5.32 Å². The molecule has 0 amide bonds. The molecular weight excluding hydrogens is 274 g/mol. The summed E-state index contributed by atoms with van der Waals surface area (Å²) in [6.45, 7) is 5.79. The summed E-state index contributed by atoms with van der Waals surface area (Å²) < 4.78 is 5.94. The lowest BCUT2D eigenvalue weighted by molar-refractivity contribution is 0.0228. The first kappa shape index (κ1) is 16.8. The fourth-order valence-corrected chi connectivity index (χ4v) is 2.04. The van der Waals surface area contributed by atoms with Crippen LogP contribution in [0.15, 0.2) is 42.5 Å². The van der Waals surface area contributed by atoms with E-state index in [9.17, 15) is 5.11 Å². The zero-order valence-corrected chi connectivity index (χ0v) is 12.9. The second-order valence-electron chi connectivity index (χ2n) is 5.08. The summed E-state index contributed by atoms with van der Waals surface area (Å²) in [7, 11) is 0. The van der Waals surface area contributed by atoms with Crippen molar-refractivity contribution in [2.75, 3.05) is 0 Å². The van der Waals surface area contributed by atoms with Crippen LogP contribution in [-0.2, 0) is 0 Å². The molecule has 2 rings (SSSR count). The van der Waals surface area contributed by atoms with Crippen molar-refractivity contribution in [2.24, 2.45) is 0 Å². The predicted octanol–water partition coefficient (Wildman–Crippen LogP) is 3.35. The minimum atomic E-state index is -0.582. The maximum atomic E-state index is 9.81. The van der Waals surface area contributed by atoms with E-state index in [-0.39, 0.29) is 18.4 Å². The van der Waals surface area contributed by atoms with Gasteiger partial charge in [0.1, 0.15) is 11.9 Å². The molecule has 0 saturated heterocycles. The van der Waals surface area contributed by atoms with Gasteiger partial charge in [-0.1, -0.05) is 36.4 Å². The van der Waals surface area contributed by atoms with Crippen LogP contribution in [0.5, 0.6) is 5.75 Å². The molecule has 0 spiro atoms. The zero-order valence-electron chi connectivity index (χ0n) is 12.0. The predicted molar refractivity (Wildman–Crippen MR) is 85.6 cm³/mol.